The average Bonchev–Trinajstić information content (AvgIpc) is 3.23. The Morgan fingerprint density at radius 2 is 1.71 bits per heavy atom. The van der Waals surface area contributed by atoms with Crippen molar-refractivity contribution in [1.82, 2.24) is 0 Å². The number of benzene rings is 2. The zero-order valence-electron chi connectivity index (χ0n) is 16.1. The monoisotopic (exact) mass is 382 g/mol. The van der Waals surface area contributed by atoms with Crippen LogP contribution in [-0.2, 0) is 19.0 Å². The molecule has 1 heterocycles. The van der Waals surface area contributed by atoms with Crippen LogP contribution in [-0.4, -0.2) is 0 Å². The van der Waals surface area contributed by atoms with Gasteiger partial charge in [0.05, 0.1) is 5.56 Å². The molecule has 1 aliphatic rings. The minimum absolute atomic E-state index is 0.625. The topological polar surface area (TPSA) is 13.1 Å². The van der Waals surface area contributed by atoms with Crippen LogP contribution >= 0.6 is 0 Å². The molecule has 0 bridgehead atoms. The van der Waals surface area contributed by atoms with Crippen molar-refractivity contribution in [2.75, 3.05) is 0 Å². The van der Waals surface area contributed by atoms with Gasteiger partial charge in [-0.2, -0.15) is 13.2 Å². The molecule has 0 N–H and O–H groups in total. The van der Waals surface area contributed by atoms with Gasteiger partial charge in [0.25, 0.3) is 0 Å². The standard InChI is InChI=1S/C24H21F3O/c1-4-16-5-6-18-12-19(22-11-14(2)15(3)28-22)13-21(18)23(16)17-7-9-20(10-8-17)24(25,26)27/h5-11,13H,4,12H2,1-3H3. The first-order valence-corrected chi connectivity index (χ1v) is 9.38. The summed E-state index contributed by atoms with van der Waals surface area (Å²) in [5.41, 5.74) is 6.81. The van der Waals surface area contributed by atoms with Crippen LogP contribution in [0.2, 0.25) is 0 Å². The highest BCUT2D eigenvalue weighted by Gasteiger charge is 2.30. The van der Waals surface area contributed by atoms with Crippen LogP contribution in [0, 0.1) is 13.8 Å². The van der Waals surface area contributed by atoms with E-state index in [9.17, 15) is 13.2 Å². The molecule has 0 radical (unpaired) electrons. The van der Waals surface area contributed by atoms with Gasteiger partial charge in [0.15, 0.2) is 0 Å². The summed E-state index contributed by atoms with van der Waals surface area (Å²) in [7, 11) is 0. The molecule has 0 spiro atoms. The van der Waals surface area contributed by atoms with E-state index < -0.39 is 11.7 Å². The molecule has 0 saturated heterocycles. The normalized spacial score (nSPS) is 13.6. The molecule has 0 atom stereocenters. The first kappa shape index (κ1) is 18.6. The maximum Gasteiger partial charge on any atom is 0.416 e. The zero-order chi connectivity index (χ0) is 20.1. The molecule has 144 valence electrons. The fourth-order valence-electron chi connectivity index (χ4n) is 3.81. The number of allylic oxidation sites excluding steroid dienone is 1. The van der Waals surface area contributed by atoms with Gasteiger partial charge in [-0.05, 0) is 83.5 Å². The lowest BCUT2D eigenvalue weighted by Gasteiger charge is -2.14. The van der Waals surface area contributed by atoms with Gasteiger partial charge >= 0.3 is 6.18 Å². The summed E-state index contributed by atoms with van der Waals surface area (Å²) < 4.78 is 44.7. The molecule has 0 saturated carbocycles. The third kappa shape index (κ3) is 3.17. The molecule has 0 unspecified atom stereocenters. The second-order valence-corrected chi connectivity index (χ2v) is 7.30. The highest BCUT2D eigenvalue weighted by Crippen LogP contribution is 2.41. The second kappa shape index (κ2) is 6.69. The highest BCUT2D eigenvalue weighted by atomic mass is 19.4. The van der Waals surface area contributed by atoms with Crippen molar-refractivity contribution >= 4 is 11.6 Å². The van der Waals surface area contributed by atoms with E-state index in [0.29, 0.717) is 0 Å². The van der Waals surface area contributed by atoms with E-state index in [1.54, 1.807) is 12.1 Å². The molecule has 4 rings (SSSR count). The lowest BCUT2D eigenvalue weighted by atomic mass is 9.90. The van der Waals surface area contributed by atoms with Gasteiger partial charge in [-0.3, -0.25) is 0 Å². The Hall–Kier alpha value is -2.75. The predicted molar refractivity (Wildman–Crippen MR) is 106 cm³/mol. The summed E-state index contributed by atoms with van der Waals surface area (Å²) >= 11 is 0. The van der Waals surface area contributed by atoms with Gasteiger partial charge in [0, 0.05) is 6.42 Å². The molecular formula is C24H21F3O. The number of hydrogen-bond donors (Lipinski definition) is 0. The molecule has 0 aliphatic heterocycles. The van der Waals surface area contributed by atoms with Crippen molar-refractivity contribution in [2.45, 2.75) is 39.8 Å². The zero-order valence-corrected chi connectivity index (χ0v) is 16.1. The number of alkyl halides is 3. The maximum absolute atomic E-state index is 12.9. The van der Waals surface area contributed by atoms with Crippen molar-refractivity contribution in [3.8, 4) is 11.1 Å². The first-order valence-electron chi connectivity index (χ1n) is 9.38. The summed E-state index contributed by atoms with van der Waals surface area (Å²) in [5, 5.41) is 0. The minimum atomic E-state index is -4.33. The quantitative estimate of drug-likeness (QED) is 0.465. The molecule has 1 aliphatic carbocycles. The number of furan rings is 1. The lowest BCUT2D eigenvalue weighted by Crippen LogP contribution is -2.04. The molecule has 2 aromatic carbocycles. The van der Waals surface area contributed by atoms with E-state index in [4.69, 9.17) is 4.42 Å². The Balaban J connectivity index is 1.82. The molecular weight excluding hydrogens is 361 g/mol. The van der Waals surface area contributed by atoms with Crippen LogP contribution < -0.4 is 0 Å². The van der Waals surface area contributed by atoms with E-state index >= 15 is 0 Å². The van der Waals surface area contributed by atoms with Crippen molar-refractivity contribution in [2.24, 2.45) is 0 Å². The fraction of sp³-hybridized carbons (Fsp3) is 0.250. The predicted octanol–water partition coefficient (Wildman–Crippen LogP) is 7.24. The van der Waals surface area contributed by atoms with Crippen molar-refractivity contribution in [1.29, 1.82) is 0 Å². The van der Waals surface area contributed by atoms with Gasteiger partial charge in [-0.25, -0.2) is 0 Å². The van der Waals surface area contributed by atoms with Crippen molar-refractivity contribution in [3.63, 3.8) is 0 Å². The summed E-state index contributed by atoms with van der Waals surface area (Å²) in [6.45, 7) is 6.03. The largest absolute Gasteiger partial charge is 0.461 e. The van der Waals surface area contributed by atoms with Gasteiger partial charge in [-0.1, -0.05) is 31.2 Å². The van der Waals surface area contributed by atoms with E-state index in [-0.39, 0.29) is 0 Å². The molecule has 1 aromatic heterocycles. The molecule has 1 nitrogen and oxygen atoms in total. The Morgan fingerprint density at radius 3 is 2.29 bits per heavy atom. The van der Waals surface area contributed by atoms with E-state index in [1.165, 1.54) is 5.56 Å². The van der Waals surface area contributed by atoms with Crippen LogP contribution in [0.4, 0.5) is 13.2 Å². The van der Waals surface area contributed by atoms with E-state index in [1.807, 2.05) is 19.9 Å². The summed E-state index contributed by atoms with van der Waals surface area (Å²) in [6, 6.07) is 11.7. The summed E-state index contributed by atoms with van der Waals surface area (Å²) in [5.74, 6) is 1.77. The molecule has 0 amide bonds. The van der Waals surface area contributed by atoms with E-state index in [0.717, 1.165) is 69.9 Å². The Morgan fingerprint density at radius 1 is 1.00 bits per heavy atom. The van der Waals surface area contributed by atoms with Crippen LogP contribution in [0.3, 0.4) is 0 Å². The second-order valence-electron chi connectivity index (χ2n) is 7.30. The summed E-state index contributed by atoms with van der Waals surface area (Å²) in [6.07, 6.45) is -0.628. The first-order chi connectivity index (χ1) is 13.3. The number of rotatable bonds is 3. The van der Waals surface area contributed by atoms with E-state index in [2.05, 4.69) is 25.1 Å². The van der Waals surface area contributed by atoms with Gasteiger partial charge in [0.1, 0.15) is 11.5 Å². The van der Waals surface area contributed by atoms with Crippen molar-refractivity contribution in [3.05, 3.63) is 81.8 Å². The Bertz CT molecular complexity index is 1050. The van der Waals surface area contributed by atoms with Gasteiger partial charge in [-0.15, -0.1) is 0 Å². The molecule has 4 heteroatoms. The fourth-order valence-corrected chi connectivity index (χ4v) is 3.81. The van der Waals surface area contributed by atoms with Crippen LogP contribution in [0.15, 0.2) is 46.9 Å². The number of hydrogen-bond acceptors (Lipinski definition) is 1. The molecule has 28 heavy (non-hydrogen) atoms. The minimum Gasteiger partial charge on any atom is -0.461 e. The number of aryl methyl sites for hydroxylation is 3. The van der Waals surface area contributed by atoms with Crippen molar-refractivity contribution < 1.29 is 17.6 Å². The smallest absolute Gasteiger partial charge is 0.416 e. The Kier molecular flexibility index (Phi) is 4.45. The van der Waals surface area contributed by atoms with Gasteiger partial charge in [0.2, 0.25) is 0 Å². The lowest BCUT2D eigenvalue weighted by molar-refractivity contribution is -0.137. The molecule has 0 fully saturated rings. The average molecular weight is 382 g/mol. The van der Waals surface area contributed by atoms with Crippen LogP contribution in [0.1, 0.15) is 46.3 Å². The third-order valence-electron chi connectivity index (χ3n) is 5.49. The third-order valence-corrected chi connectivity index (χ3v) is 5.49. The van der Waals surface area contributed by atoms with Gasteiger partial charge < -0.3 is 4.42 Å². The van der Waals surface area contributed by atoms with Crippen LogP contribution in [0.25, 0.3) is 22.8 Å². The maximum atomic E-state index is 12.9. The number of halogens is 3. The highest BCUT2D eigenvalue weighted by molar-refractivity contribution is 5.94. The summed E-state index contributed by atoms with van der Waals surface area (Å²) in [4.78, 5) is 0. The van der Waals surface area contributed by atoms with Crippen LogP contribution in [0.5, 0.6) is 0 Å². The number of fused-ring (bicyclic) bond motifs is 1. The Labute approximate surface area is 162 Å². The molecule has 3 aromatic rings. The SMILES string of the molecule is CCc1ccc2c(c1-c1ccc(C(F)(F)F)cc1)C=C(c1cc(C)c(C)o1)C2.